The van der Waals surface area contributed by atoms with E-state index >= 15 is 0 Å². The van der Waals surface area contributed by atoms with Gasteiger partial charge in [-0.05, 0) is 38.7 Å². The van der Waals surface area contributed by atoms with Gasteiger partial charge in [0.2, 0.25) is 0 Å². The van der Waals surface area contributed by atoms with E-state index in [1.807, 2.05) is 66.7 Å². The van der Waals surface area contributed by atoms with Crippen molar-refractivity contribution in [3.05, 3.63) is 90.8 Å². The van der Waals surface area contributed by atoms with Crippen molar-refractivity contribution in [3.63, 3.8) is 0 Å². The molecule has 0 saturated carbocycles. The number of aromatic nitrogens is 2. The number of hydrogen-bond acceptors (Lipinski definition) is 5. The lowest BCUT2D eigenvalue weighted by Gasteiger charge is -2.16. The molecule has 1 N–H and O–H groups in total. The number of fused-ring (bicyclic) bond motifs is 2. The first-order valence-electron chi connectivity index (χ1n) is 10.1. The van der Waals surface area contributed by atoms with Crippen molar-refractivity contribution in [1.82, 2.24) is 9.97 Å². The average Bonchev–Trinajstić information content (AvgIpc) is 2.82. The third kappa shape index (κ3) is 3.62. The van der Waals surface area contributed by atoms with Gasteiger partial charge in [-0.3, -0.25) is 0 Å². The average molecular weight is 455 g/mol. The highest BCUT2D eigenvalue weighted by Gasteiger charge is 2.23. The van der Waals surface area contributed by atoms with Crippen LogP contribution >= 0.6 is 0 Å². The molecular weight excluding hydrogens is 436 g/mol. The normalized spacial score (nSPS) is 11.7. The Labute approximate surface area is 190 Å². The molecule has 0 unspecified atom stereocenters. The summed E-state index contributed by atoms with van der Waals surface area (Å²) in [4.78, 5) is 19.7. The molecule has 162 valence electrons. The van der Waals surface area contributed by atoms with Crippen LogP contribution in [0, 0.1) is 0 Å². The Morgan fingerprint density at radius 2 is 1.39 bits per heavy atom. The van der Waals surface area contributed by atoms with Crippen molar-refractivity contribution < 1.29 is 18.3 Å². The molecule has 0 aliphatic rings. The molecule has 0 atom stereocenters. The number of benzene rings is 4. The van der Waals surface area contributed by atoms with Crippen molar-refractivity contribution in [2.75, 3.05) is 6.26 Å². The van der Waals surface area contributed by atoms with Crippen LogP contribution in [0.1, 0.15) is 10.4 Å². The summed E-state index contributed by atoms with van der Waals surface area (Å²) < 4.78 is 25.9. The fourth-order valence-electron chi connectivity index (χ4n) is 4.12. The van der Waals surface area contributed by atoms with Gasteiger partial charge < -0.3 is 5.11 Å². The van der Waals surface area contributed by atoms with Crippen LogP contribution < -0.4 is 0 Å². The summed E-state index contributed by atoms with van der Waals surface area (Å²) in [5, 5.41) is 12.8. The molecule has 0 bridgehead atoms. The highest BCUT2D eigenvalue weighted by Crippen LogP contribution is 2.41. The first kappa shape index (κ1) is 20.8. The maximum atomic E-state index is 12.9. The summed E-state index contributed by atoms with van der Waals surface area (Å²) in [7, 11) is -3.68. The number of rotatable bonds is 4. The number of hydrogen-bond donors (Lipinski definition) is 1. The molecule has 0 spiro atoms. The van der Waals surface area contributed by atoms with E-state index in [4.69, 9.17) is 0 Å². The Morgan fingerprint density at radius 1 is 0.788 bits per heavy atom. The quantitative estimate of drug-likeness (QED) is 0.400. The van der Waals surface area contributed by atoms with E-state index in [1.54, 1.807) is 6.07 Å². The fourth-order valence-corrected chi connectivity index (χ4v) is 5.03. The predicted octanol–water partition coefficient (Wildman–Crippen LogP) is 5.22. The van der Waals surface area contributed by atoms with Gasteiger partial charge in [0.1, 0.15) is 0 Å². The Balaban J connectivity index is 1.90. The molecule has 6 nitrogen and oxygen atoms in total. The summed E-state index contributed by atoms with van der Waals surface area (Å²) in [6.45, 7) is 0. The molecule has 0 aliphatic heterocycles. The van der Waals surface area contributed by atoms with E-state index in [-0.39, 0.29) is 16.3 Å². The smallest absolute Gasteiger partial charge is 0.338 e. The molecule has 5 aromatic rings. The second-order valence-electron chi connectivity index (χ2n) is 7.74. The van der Waals surface area contributed by atoms with Gasteiger partial charge in [0.25, 0.3) is 0 Å². The lowest BCUT2D eigenvalue weighted by molar-refractivity contribution is 0.0696. The maximum absolute atomic E-state index is 12.9. The van der Waals surface area contributed by atoms with Crippen LogP contribution in [-0.2, 0) is 9.84 Å². The van der Waals surface area contributed by atoms with Crippen LogP contribution in [0.3, 0.4) is 0 Å². The summed E-state index contributed by atoms with van der Waals surface area (Å²) in [6, 6.07) is 23.1. The molecule has 7 heteroatoms. The van der Waals surface area contributed by atoms with Gasteiger partial charge in [0.05, 0.1) is 10.5 Å². The van der Waals surface area contributed by atoms with Gasteiger partial charge in [-0.2, -0.15) is 0 Å². The first-order valence-corrected chi connectivity index (χ1v) is 12.0. The van der Waals surface area contributed by atoms with Gasteiger partial charge in [-0.25, -0.2) is 23.2 Å². The Kier molecular flexibility index (Phi) is 4.91. The van der Waals surface area contributed by atoms with Crippen LogP contribution in [0.15, 0.2) is 90.1 Å². The second-order valence-corrected chi connectivity index (χ2v) is 9.73. The Hall–Kier alpha value is -4.10. The van der Waals surface area contributed by atoms with Crippen LogP contribution in [0.5, 0.6) is 0 Å². The molecule has 0 saturated heterocycles. The van der Waals surface area contributed by atoms with Gasteiger partial charge in [0.15, 0.2) is 15.7 Å². The van der Waals surface area contributed by atoms with Crippen molar-refractivity contribution in [3.8, 4) is 22.5 Å². The highest BCUT2D eigenvalue weighted by atomic mass is 32.2. The van der Waals surface area contributed by atoms with Gasteiger partial charge in [-0.1, -0.05) is 66.7 Å². The number of carboxylic acids is 1. The summed E-state index contributed by atoms with van der Waals surface area (Å²) in [5.74, 6) is -0.998. The third-order valence-electron chi connectivity index (χ3n) is 5.61. The first-order chi connectivity index (χ1) is 15.8. The standard InChI is InChI=1S/C26H18N2O4S/c1-33(31,32)23-13-22(19-12-6-8-16-7-2-3-9-18(16)19)20-10-4-5-11-21(20)24(23)25-27-14-17(15-28-25)26(29)30/h2-15H,1H3,(H,29,30). The number of aromatic carboxylic acids is 1. The van der Waals surface area contributed by atoms with E-state index in [9.17, 15) is 18.3 Å². The number of sulfone groups is 1. The van der Waals surface area contributed by atoms with Crippen LogP contribution in [-0.4, -0.2) is 35.7 Å². The van der Waals surface area contributed by atoms with Crippen molar-refractivity contribution in [1.29, 1.82) is 0 Å². The molecule has 0 radical (unpaired) electrons. The van der Waals surface area contributed by atoms with Crippen molar-refractivity contribution in [2.24, 2.45) is 0 Å². The zero-order chi connectivity index (χ0) is 23.2. The largest absolute Gasteiger partial charge is 0.478 e. The monoisotopic (exact) mass is 454 g/mol. The van der Waals surface area contributed by atoms with E-state index in [1.165, 1.54) is 12.4 Å². The lowest BCUT2D eigenvalue weighted by Crippen LogP contribution is -2.05. The van der Waals surface area contributed by atoms with E-state index in [2.05, 4.69) is 9.97 Å². The highest BCUT2D eigenvalue weighted by molar-refractivity contribution is 7.90. The molecule has 0 amide bonds. The second kappa shape index (κ2) is 7.79. The molecule has 0 fully saturated rings. The van der Waals surface area contributed by atoms with Gasteiger partial charge >= 0.3 is 5.97 Å². The molecule has 33 heavy (non-hydrogen) atoms. The summed E-state index contributed by atoms with van der Waals surface area (Å²) >= 11 is 0. The zero-order valence-corrected chi connectivity index (χ0v) is 18.4. The lowest BCUT2D eigenvalue weighted by atomic mass is 9.91. The fraction of sp³-hybridized carbons (Fsp3) is 0.0385. The molecular formula is C26H18N2O4S. The summed E-state index contributed by atoms with van der Waals surface area (Å²) in [6.07, 6.45) is 3.52. The van der Waals surface area contributed by atoms with E-state index < -0.39 is 15.8 Å². The van der Waals surface area contributed by atoms with Crippen LogP contribution in [0.4, 0.5) is 0 Å². The van der Waals surface area contributed by atoms with Crippen molar-refractivity contribution >= 4 is 37.4 Å². The van der Waals surface area contributed by atoms with Gasteiger partial charge in [-0.15, -0.1) is 0 Å². The topological polar surface area (TPSA) is 97.2 Å². The maximum Gasteiger partial charge on any atom is 0.338 e. The Bertz CT molecular complexity index is 1650. The molecule has 0 aliphatic carbocycles. The number of carbonyl (C=O) groups is 1. The minimum absolute atomic E-state index is 0.0728. The third-order valence-corrected chi connectivity index (χ3v) is 6.73. The minimum Gasteiger partial charge on any atom is -0.478 e. The molecule has 1 heterocycles. The zero-order valence-electron chi connectivity index (χ0n) is 17.6. The minimum atomic E-state index is -3.68. The molecule has 4 aromatic carbocycles. The predicted molar refractivity (Wildman–Crippen MR) is 128 cm³/mol. The SMILES string of the molecule is CS(=O)(=O)c1cc(-c2cccc3ccccc23)c2ccccc2c1-c1ncc(C(=O)O)cn1. The summed E-state index contributed by atoms with van der Waals surface area (Å²) in [5.41, 5.74) is 1.99. The van der Waals surface area contributed by atoms with Crippen LogP contribution in [0.25, 0.3) is 44.1 Å². The number of nitrogens with zero attached hydrogens (tertiary/aromatic N) is 2. The van der Waals surface area contributed by atoms with E-state index in [0.29, 0.717) is 10.9 Å². The van der Waals surface area contributed by atoms with Crippen molar-refractivity contribution in [2.45, 2.75) is 4.90 Å². The van der Waals surface area contributed by atoms with Gasteiger partial charge in [0, 0.05) is 24.2 Å². The molecule has 1 aromatic heterocycles. The van der Waals surface area contributed by atoms with Crippen LogP contribution in [0.2, 0.25) is 0 Å². The van der Waals surface area contributed by atoms with E-state index in [0.717, 1.165) is 33.5 Å². The Morgan fingerprint density at radius 3 is 2.06 bits per heavy atom. The number of carboxylic acid groups (broad SMARTS) is 1. The molecule has 5 rings (SSSR count).